The van der Waals surface area contributed by atoms with Gasteiger partial charge in [-0.3, -0.25) is 0 Å². The van der Waals surface area contributed by atoms with Crippen LogP contribution in [0.25, 0.3) is 0 Å². The summed E-state index contributed by atoms with van der Waals surface area (Å²) in [7, 11) is 1.34. The van der Waals surface area contributed by atoms with Crippen LogP contribution in [0.1, 0.15) is 10.4 Å². The van der Waals surface area contributed by atoms with Gasteiger partial charge in [0.25, 0.3) is 0 Å². The number of esters is 1. The smallest absolute Gasteiger partial charge is 0.337 e. The second-order valence-electron chi connectivity index (χ2n) is 3.19. The van der Waals surface area contributed by atoms with E-state index in [2.05, 4.69) is 11.3 Å². The molecule has 0 fully saturated rings. The number of hydrogen-bond donors (Lipinski definition) is 0. The molecule has 1 aromatic rings. The summed E-state index contributed by atoms with van der Waals surface area (Å²) in [6.45, 7) is 4.09. The first-order chi connectivity index (χ1) is 7.67. The van der Waals surface area contributed by atoms with Crippen molar-refractivity contribution in [3.63, 3.8) is 0 Å². The third-order valence-corrected chi connectivity index (χ3v) is 2.29. The van der Waals surface area contributed by atoms with Gasteiger partial charge in [-0.05, 0) is 29.8 Å². The highest BCUT2D eigenvalue weighted by atomic mass is 35.5. The van der Waals surface area contributed by atoms with Gasteiger partial charge in [0.15, 0.2) is 0 Å². The zero-order valence-corrected chi connectivity index (χ0v) is 9.79. The van der Waals surface area contributed by atoms with Crippen LogP contribution in [-0.2, 0) is 4.74 Å². The SMILES string of the molecule is C=C(CCl)COc1ccc(C(=O)OC)cc1. The van der Waals surface area contributed by atoms with Gasteiger partial charge in [-0.1, -0.05) is 6.58 Å². The molecule has 0 aliphatic carbocycles. The zero-order chi connectivity index (χ0) is 12.0. The second kappa shape index (κ2) is 6.18. The molecule has 86 valence electrons. The highest BCUT2D eigenvalue weighted by Gasteiger charge is 2.04. The lowest BCUT2D eigenvalue weighted by atomic mass is 10.2. The van der Waals surface area contributed by atoms with E-state index in [1.165, 1.54) is 7.11 Å². The van der Waals surface area contributed by atoms with E-state index in [-0.39, 0.29) is 5.97 Å². The minimum absolute atomic E-state index is 0.364. The quantitative estimate of drug-likeness (QED) is 0.451. The first-order valence-electron chi connectivity index (χ1n) is 4.71. The molecule has 0 unspecified atom stereocenters. The molecule has 0 aromatic heterocycles. The van der Waals surface area contributed by atoms with Crippen molar-refractivity contribution >= 4 is 17.6 Å². The molecule has 0 aliphatic rings. The molecule has 0 amide bonds. The Kier molecular flexibility index (Phi) is 4.86. The van der Waals surface area contributed by atoms with E-state index >= 15 is 0 Å². The molecule has 0 bridgehead atoms. The van der Waals surface area contributed by atoms with Gasteiger partial charge in [0.05, 0.1) is 12.7 Å². The third-order valence-electron chi connectivity index (χ3n) is 1.91. The Balaban J connectivity index is 2.58. The molecule has 0 N–H and O–H groups in total. The van der Waals surface area contributed by atoms with Crippen LogP contribution >= 0.6 is 11.6 Å². The Morgan fingerprint density at radius 3 is 2.50 bits per heavy atom. The van der Waals surface area contributed by atoms with Crippen LogP contribution in [0.4, 0.5) is 0 Å². The molecule has 0 heterocycles. The zero-order valence-electron chi connectivity index (χ0n) is 9.03. The predicted molar refractivity (Wildman–Crippen MR) is 63.1 cm³/mol. The van der Waals surface area contributed by atoms with Gasteiger partial charge in [-0.25, -0.2) is 4.79 Å². The molecule has 1 aromatic carbocycles. The van der Waals surface area contributed by atoms with Crippen LogP contribution in [0, 0.1) is 0 Å². The molecular weight excluding hydrogens is 228 g/mol. The van der Waals surface area contributed by atoms with Crippen LogP contribution in [-0.4, -0.2) is 25.6 Å². The van der Waals surface area contributed by atoms with Crippen LogP contribution in [0.2, 0.25) is 0 Å². The van der Waals surface area contributed by atoms with Gasteiger partial charge in [0, 0.05) is 5.88 Å². The molecule has 0 saturated heterocycles. The highest BCUT2D eigenvalue weighted by molar-refractivity contribution is 6.19. The molecule has 1 rings (SSSR count). The molecule has 0 spiro atoms. The second-order valence-corrected chi connectivity index (χ2v) is 3.46. The van der Waals surface area contributed by atoms with E-state index in [0.29, 0.717) is 23.8 Å². The normalized spacial score (nSPS) is 9.62. The number of rotatable bonds is 5. The molecule has 0 atom stereocenters. The van der Waals surface area contributed by atoms with Gasteiger partial charge < -0.3 is 9.47 Å². The molecular formula is C12H13ClO3. The summed E-state index contributed by atoms with van der Waals surface area (Å²) >= 11 is 5.56. The van der Waals surface area contributed by atoms with Crippen molar-refractivity contribution in [3.8, 4) is 5.75 Å². The predicted octanol–water partition coefficient (Wildman–Crippen LogP) is 2.65. The Labute approximate surface area is 99.6 Å². The van der Waals surface area contributed by atoms with Crippen molar-refractivity contribution in [3.05, 3.63) is 42.0 Å². The minimum Gasteiger partial charge on any atom is -0.489 e. The van der Waals surface area contributed by atoms with Crippen molar-refractivity contribution in [1.29, 1.82) is 0 Å². The van der Waals surface area contributed by atoms with E-state index in [0.717, 1.165) is 5.57 Å². The first-order valence-corrected chi connectivity index (χ1v) is 5.24. The summed E-state index contributed by atoms with van der Waals surface area (Å²) in [5.41, 5.74) is 1.30. The molecule has 0 radical (unpaired) electrons. The summed E-state index contributed by atoms with van der Waals surface area (Å²) in [6.07, 6.45) is 0. The Morgan fingerprint density at radius 1 is 1.38 bits per heavy atom. The lowest BCUT2D eigenvalue weighted by Gasteiger charge is -2.06. The maximum atomic E-state index is 11.1. The molecule has 16 heavy (non-hydrogen) atoms. The summed E-state index contributed by atoms with van der Waals surface area (Å²) in [6, 6.07) is 6.69. The van der Waals surface area contributed by atoms with E-state index in [1.807, 2.05) is 0 Å². The van der Waals surface area contributed by atoms with Crippen LogP contribution in [0.15, 0.2) is 36.4 Å². The van der Waals surface area contributed by atoms with Gasteiger partial charge >= 0.3 is 5.97 Å². The maximum absolute atomic E-state index is 11.1. The van der Waals surface area contributed by atoms with E-state index in [4.69, 9.17) is 16.3 Å². The number of carbonyl (C=O) groups excluding carboxylic acids is 1. The lowest BCUT2D eigenvalue weighted by molar-refractivity contribution is 0.0600. The van der Waals surface area contributed by atoms with Crippen LogP contribution in [0.5, 0.6) is 5.75 Å². The number of ether oxygens (including phenoxy) is 2. The summed E-state index contributed by atoms with van der Waals surface area (Å²) < 4.78 is 9.97. The average molecular weight is 241 g/mol. The monoisotopic (exact) mass is 240 g/mol. The maximum Gasteiger partial charge on any atom is 0.337 e. The first kappa shape index (κ1) is 12.6. The van der Waals surface area contributed by atoms with Gasteiger partial charge in [0.2, 0.25) is 0 Å². The van der Waals surface area contributed by atoms with Gasteiger partial charge in [0.1, 0.15) is 12.4 Å². The fraction of sp³-hybridized carbons (Fsp3) is 0.250. The largest absolute Gasteiger partial charge is 0.489 e. The summed E-state index contributed by atoms with van der Waals surface area (Å²) in [5, 5.41) is 0. The van der Waals surface area contributed by atoms with Gasteiger partial charge in [-0.15, -0.1) is 11.6 Å². The summed E-state index contributed by atoms with van der Waals surface area (Å²) in [4.78, 5) is 11.1. The topological polar surface area (TPSA) is 35.5 Å². The number of halogens is 1. The fourth-order valence-corrected chi connectivity index (χ4v) is 1.11. The molecule has 0 saturated carbocycles. The van der Waals surface area contributed by atoms with Crippen molar-refractivity contribution in [2.75, 3.05) is 19.6 Å². The Bertz CT molecular complexity index is 370. The number of alkyl halides is 1. The number of hydrogen-bond acceptors (Lipinski definition) is 3. The molecule has 4 heteroatoms. The molecule has 0 aliphatic heterocycles. The number of methoxy groups -OCH3 is 1. The Morgan fingerprint density at radius 2 is 2.00 bits per heavy atom. The van der Waals surface area contributed by atoms with Crippen molar-refractivity contribution in [2.24, 2.45) is 0 Å². The van der Waals surface area contributed by atoms with Crippen molar-refractivity contribution < 1.29 is 14.3 Å². The van der Waals surface area contributed by atoms with Crippen LogP contribution in [0.3, 0.4) is 0 Å². The van der Waals surface area contributed by atoms with E-state index in [1.54, 1.807) is 24.3 Å². The fourth-order valence-electron chi connectivity index (χ4n) is 1.03. The Hall–Kier alpha value is -1.48. The van der Waals surface area contributed by atoms with Gasteiger partial charge in [-0.2, -0.15) is 0 Å². The summed E-state index contributed by atoms with van der Waals surface area (Å²) in [5.74, 6) is 0.677. The molecule has 3 nitrogen and oxygen atoms in total. The standard InChI is InChI=1S/C12H13ClO3/c1-9(7-13)8-16-11-5-3-10(4-6-11)12(14)15-2/h3-6H,1,7-8H2,2H3. The van der Waals surface area contributed by atoms with Crippen molar-refractivity contribution in [1.82, 2.24) is 0 Å². The average Bonchev–Trinajstić information content (AvgIpc) is 2.35. The highest BCUT2D eigenvalue weighted by Crippen LogP contribution is 2.13. The number of benzene rings is 1. The van der Waals surface area contributed by atoms with E-state index < -0.39 is 0 Å². The van der Waals surface area contributed by atoms with Crippen LogP contribution < -0.4 is 4.74 Å². The minimum atomic E-state index is -0.364. The van der Waals surface area contributed by atoms with E-state index in [9.17, 15) is 4.79 Å². The third kappa shape index (κ3) is 3.59. The number of carbonyl (C=O) groups is 1. The van der Waals surface area contributed by atoms with Crippen molar-refractivity contribution in [2.45, 2.75) is 0 Å². The lowest BCUT2D eigenvalue weighted by Crippen LogP contribution is -2.03.